The van der Waals surface area contributed by atoms with E-state index in [2.05, 4.69) is 30.6 Å². The van der Waals surface area contributed by atoms with Crippen LogP contribution in [-0.2, 0) is 16.4 Å². The molecule has 3 aromatic heterocycles. The summed E-state index contributed by atoms with van der Waals surface area (Å²) in [6, 6.07) is 6.62. The number of thiazole rings is 1. The summed E-state index contributed by atoms with van der Waals surface area (Å²) in [7, 11) is -1.55. The molecular formula is C19H19N7O4S2. The Balaban J connectivity index is 1.68. The summed E-state index contributed by atoms with van der Waals surface area (Å²) in [5, 5.41) is 15.6. The number of fused-ring (bicyclic) bond motifs is 1. The molecule has 0 bridgehead atoms. The summed E-state index contributed by atoms with van der Waals surface area (Å²) < 4.78 is 25.2. The van der Waals surface area contributed by atoms with E-state index in [1.165, 1.54) is 6.26 Å². The van der Waals surface area contributed by atoms with Crippen LogP contribution in [0, 0.1) is 6.92 Å². The van der Waals surface area contributed by atoms with Gasteiger partial charge in [0.15, 0.2) is 32.0 Å². The molecule has 32 heavy (non-hydrogen) atoms. The van der Waals surface area contributed by atoms with Crippen LogP contribution >= 0.6 is 11.3 Å². The molecule has 0 aliphatic carbocycles. The molecule has 11 nitrogen and oxygen atoms in total. The average molecular weight is 474 g/mol. The molecule has 0 fully saturated rings. The Morgan fingerprint density at radius 3 is 2.50 bits per heavy atom. The van der Waals surface area contributed by atoms with E-state index >= 15 is 0 Å². The van der Waals surface area contributed by atoms with Gasteiger partial charge in [0.05, 0.1) is 23.5 Å². The summed E-state index contributed by atoms with van der Waals surface area (Å²) in [5.74, 6) is -0.308. The third kappa shape index (κ3) is 4.24. The van der Waals surface area contributed by atoms with E-state index in [1.807, 2.05) is 4.57 Å². The van der Waals surface area contributed by atoms with E-state index in [4.69, 9.17) is 0 Å². The third-order valence-electron chi connectivity index (χ3n) is 4.61. The first-order valence-electron chi connectivity index (χ1n) is 9.33. The maximum absolute atomic E-state index is 11.7. The number of nitrogens with one attached hydrogen (secondary N) is 2. The molecule has 0 aliphatic heterocycles. The number of carbonyl (C=O) groups is 1. The molecule has 166 valence electrons. The fraction of sp³-hybridized carbons (Fsp3) is 0.211. The Morgan fingerprint density at radius 1 is 1.19 bits per heavy atom. The largest absolute Gasteiger partial charge is 0.477 e. The Morgan fingerprint density at radius 2 is 1.91 bits per heavy atom. The molecule has 0 aliphatic rings. The number of anilines is 3. The van der Waals surface area contributed by atoms with Gasteiger partial charge in [-0.05, 0) is 24.6 Å². The summed E-state index contributed by atoms with van der Waals surface area (Å²) in [6.07, 6.45) is 2.80. The minimum absolute atomic E-state index is 0.144. The Labute approximate surface area is 187 Å². The lowest BCUT2D eigenvalue weighted by atomic mass is 10.2. The highest BCUT2D eigenvalue weighted by atomic mass is 32.2. The maximum atomic E-state index is 11.7. The molecule has 0 spiro atoms. The van der Waals surface area contributed by atoms with Crippen molar-refractivity contribution >= 4 is 55.2 Å². The second kappa shape index (κ2) is 8.16. The highest BCUT2D eigenvalue weighted by Crippen LogP contribution is 2.27. The number of hydrogen-bond acceptors (Lipinski definition) is 10. The van der Waals surface area contributed by atoms with Crippen molar-refractivity contribution in [2.24, 2.45) is 0 Å². The van der Waals surface area contributed by atoms with Crippen LogP contribution in [0.3, 0.4) is 0 Å². The fourth-order valence-electron chi connectivity index (χ4n) is 3.07. The molecule has 3 N–H and O–H groups in total. The lowest BCUT2D eigenvalue weighted by molar-refractivity contribution is 0.0701. The van der Waals surface area contributed by atoms with Gasteiger partial charge in [-0.15, -0.1) is 0 Å². The fourth-order valence-corrected chi connectivity index (χ4v) is 4.50. The standard InChI is InChI=1S/C19H19N7O4S2/c1-10-14(17(27)28)31-19(22-10)25-18-23-15(20-2)13-16(24-18)26(9-21-13)8-11-4-6-12(7-5-11)32(3,29)30/h4-7,9H,8H2,1-3H3,(H,27,28)(H2,20,22,23,24,25). The second-order valence-electron chi connectivity index (χ2n) is 6.97. The number of benzene rings is 1. The number of carboxylic acid groups (broad SMARTS) is 1. The highest BCUT2D eigenvalue weighted by molar-refractivity contribution is 7.90. The van der Waals surface area contributed by atoms with Crippen molar-refractivity contribution in [3.63, 3.8) is 0 Å². The van der Waals surface area contributed by atoms with Gasteiger partial charge in [-0.1, -0.05) is 23.5 Å². The monoisotopic (exact) mass is 473 g/mol. The van der Waals surface area contributed by atoms with Crippen molar-refractivity contribution in [1.29, 1.82) is 0 Å². The lowest BCUT2D eigenvalue weighted by Crippen LogP contribution is -2.05. The van der Waals surface area contributed by atoms with Gasteiger partial charge >= 0.3 is 5.97 Å². The van der Waals surface area contributed by atoms with Gasteiger partial charge in [0.2, 0.25) is 5.95 Å². The molecule has 0 amide bonds. The Hall–Kier alpha value is -3.58. The van der Waals surface area contributed by atoms with E-state index < -0.39 is 15.8 Å². The first-order valence-corrected chi connectivity index (χ1v) is 12.0. The van der Waals surface area contributed by atoms with Gasteiger partial charge < -0.3 is 15.0 Å². The molecule has 1 aromatic carbocycles. The predicted molar refractivity (Wildman–Crippen MR) is 121 cm³/mol. The molecule has 0 radical (unpaired) electrons. The van der Waals surface area contributed by atoms with Gasteiger partial charge in [-0.2, -0.15) is 9.97 Å². The van der Waals surface area contributed by atoms with Crippen molar-refractivity contribution in [2.45, 2.75) is 18.4 Å². The van der Waals surface area contributed by atoms with Crippen molar-refractivity contribution in [3.05, 3.63) is 46.7 Å². The third-order valence-corrected chi connectivity index (χ3v) is 6.80. The van der Waals surface area contributed by atoms with Gasteiger partial charge in [0, 0.05) is 13.3 Å². The quantitative estimate of drug-likeness (QED) is 0.365. The molecule has 4 aromatic rings. The smallest absolute Gasteiger partial charge is 0.347 e. The van der Waals surface area contributed by atoms with Crippen LogP contribution in [0.1, 0.15) is 20.9 Å². The normalized spacial score (nSPS) is 11.6. The zero-order valence-corrected chi connectivity index (χ0v) is 19.0. The van der Waals surface area contributed by atoms with Crippen LogP contribution in [0.25, 0.3) is 11.2 Å². The van der Waals surface area contributed by atoms with E-state index in [1.54, 1.807) is 44.6 Å². The number of rotatable bonds is 7. The minimum Gasteiger partial charge on any atom is -0.477 e. The number of hydrogen-bond donors (Lipinski definition) is 3. The number of sulfone groups is 1. The average Bonchev–Trinajstić information content (AvgIpc) is 3.30. The Kier molecular flexibility index (Phi) is 5.52. The van der Waals surface area contributed by atoms with Crippen molar-refractivity contribution in [2.75, 3.05) is 23.9 Å². The van der Waals surface area contributed by atoms with Crippen LogP contribution in [0.4, 0.5) is 16.9 Å². The van der Waals surface area contributed by atoms with Crippen LogP contribution < -0.4 is 10.6 Å². The summed E-state index contributed by atoms with van der Waals surface area (Å²) in [6.45, 7) is 2.04. The Bertz CT molecular complexity index is 1430. The molecule has 4 rings (SSSR count). The maximum Gasteiger partial charge on any atom is 0.347 e. The van der Waals surface area contributed by atoms with Crippen molar-refractivity contribution in [3.8, 4) is 0 Å². The number of nitrogens with zero attached hydrogens (tertiary/aromatic N) is 5. The number of carboxylic acids is 1. The lowest BCUT2D eigenvalue weighted by Gasteiger charge is -2.08. The number of imidazole rings is 1. The van der Waals surface area contributed by atoms with Crippen molar-refractivity contribution in [1.82, 2.24) is 24.5 Å². The molecule has 3 heterocycles. The van der Waals surface area contributed by atoms with Gasteiger partial charge in [-0.3, -0.25) is 5.32 Å². The zero-order chi connectivity index (χ0) is 23.0. The first kappa shape index (κ1) is 21.6. The molecule has 13 heteroatoms. The molecule has 0 saturated heterocycles. The topological polar surface area (TPSA) is 152 Å². The molecular weight excluding hydrogens is 454 g/mol. The van der Waals surface area contributed by atoms with Gasteiger partial charge in [0.25, 0.3) is 0 Å². The zero-order valence-electron chi connectivity index (χ0n) is 17.3. The number of aryl methyl sites for hydroxylation is 1. The first-order chi connectivity index (χ1) is 15.2. The summed E-state index contributed by atoms with van der Waals surface area (Å²) >= 11 is 1.000. The van der Waals surface area contributed by atoms with Crippen LogP contribution in [0.2, 0.25) is 0 Å². The van der Waals surface area contributed by atoms with Gasteiger partial charge in [-0.25, -0.2) is 23.2 Å². The molecule has 0 atom stereocenters. The van der Waals surface area contributed by atoms with Crippen LogP contribution in [0.15, 0.2) is 35.5 Å². The summed E-state index contributed by atoms with van der Waals surface area (Å²) in [5.41, 5.74) is 2.39. The number of aromatic carboxylic acids is 1. The molecule has 0 saturated carbocycles. The van der Waals surface area contributed by atoms with Crippen LogP contribution in [-0.4, -0.2) is 57.3 Å². The summed E-state index contributed by atoms with van der Waals surface area (Å²) in [4.78, 5) is 29.2. The number of aromatic nitrogens is 5. The molecule has 0 unspecified atom stereocenters. The van der Waals surface area contributed by atoms with E-state index in [-0.39, 0.29) is 15.7 Å². The van der Waals surface area contributed by atoms with E-state index in [0.29, 0.717) is 34.4 Å². The van der Waals surface area contributed by atoms with Crippen molar-refractivity contribution < 1.29 is 18.3 Å². The van der Waals surface area contributed by atoms with Gasteiger partial charge in [0.1, 0.15) is 4.88 Å². The highest BCUT2D eigenvalue weighted by Gasteiger charge is 2.17. The SMILES string of the molecule is CNc1nc(Nc2nc(C)c(C(=O)O)s2)nc2c1ncn2Cc1ccc(S(C)(=O)=O)cc1. The minimum atomic E-state index is -3.27. The second-order valence-corrected chi connectivity index (χ2v) is 9.99. The van der Waals surface area contributed by atoms with E-state index in [9.17, 15) is 18.3 Å². The van der Waals surface area contributed by atoms with E-state index in [0.717, 1.165) is 16.9 Å². The predicted octanol–water partition coefficient (Wildman–Crippen LogP) is 2.53. The van der Waals surface area contributed by atoms with Crippen LogP contribution in [0.5, 0.6) is 0 Å².